The van der Waals surface area contributed by atoms with E-state index in [0.29, 0.717) is 17.7 Å². The largest absolute Gasteiger partial charge is 0.477 e. The molecule has 1 unspecified atom stereocenters. The third-order valence-corrected chi connectivity index (χ3v) is 4.56. The van der Waals surface area contributed by atoms with Crippen molar-refractivity contribution in [2.75, 3.05) is 13.7 Å². The van der Waals surface area contributed by atoms with E-state index in [1.165, 1.54) is 29.8 Å². The van der Waals surface area contributed by atoms with Gasteiger partial charge in [-0.3, -0.25) is 9.59 Å². The summed E-state index contributed by atoms with van der Waals surface area (Å²) in [5.74, 6) is -1.49. The molecule has 0 aromatic rings. The van der Waals surface area contributed by atoms with Gasteiger partial charge in [0.2, 0.25) is 5.91 Å². The molecule has 1 saturated heterocycles. The Hall–Kier alpha value is -1.60. The molecule has 2 aliphatic rings. The maximum Gasteiger partial charge on any atom is 0.353 e. The molecule has 2 atom stereocenters. The minimum atomic E-state index is -1.10. The predicted molar refractivity (Wildman–Crippen MR) is 77.3 cm³/mol. The summed E-state index contributed by atoms with van der Waals surface area (Å²) in [6.07, 6.45) is 2.61. The van der Waals surface area contributed by atoms with Crippen LogP contribution in [0.3, 0.4) is 0 Å². The molecule has 6 nitrogen and oxygen atoms in total. The molecular weight excluding hydrogens is 294 g/mol. The van der Waals surface area contributed by atoms with E-state index in [9.17, 15) is 19.5 Å². The standard InChI is InChI=1S/C14H17NO5S/c1-3-9-10-6-11(21-5-4-8(16)7-20-2)12(14(18)19)15(10)13(9)17/h4-5,9-10H,3,6-7H2,1-2H3,(H,18,19)/b5-4+/t9?,10-/m1/s1. The van der Waals surface area contributed by atoms with Crippen LogP contribution in [0.1, 0.15) is 19.8 Å². The molecule has 2 rings (SSSR count). The molecule has 0 aliphatic carbocycles. The summed E-state index contributed by atoms with van der Waals surface area (Å²) < 4.78 is 4.70. The number of hydrogen-bond acceptors (Lipinski definition) is 5. The SMILES string of the molecule is CCC1C(=O)N2C(C(=O)O)=C(S/C=C/C(=O)COC)C[C@H]12. The number of rotatable bonds is 7. The molecule has 7 heteroatoms. The lowest BCUT2D eigenvalue weighted by Crippen LogP contribution is -2.58. The molecule has 0 radical (unpaired) electrons. The quantitative estimate of drug-likeness (QED) is 0.565. The van der Waals surface area contributed by atoms with E-state index in [1.54, 1.807) is 5.41 Å². The average Bonchev–Trinajstić information content (AvgIpc) is 2.75. The van der Waals surface area contributed by atoms with Crippen LogP contribution in [-0.2, 0) is 19.1 Å². The second-order valence-electron chi connectivity index (χ2n) is 4.89. The summed E-state index contributed by atoms with van der Waals surface area (Å²) in [6.45, 7) is 1.92. The zero-order valence-electron chi connectivity index (χ0n) is 11.9. The number of thioether (sulfide) groups is 1. The fraction of sp³-hybridized carbons (Fsp3) is 0.500. The van der Waals surface area contributed by atoms with Crippen molar-refractivity contribution in [2.45, 2.75) is 25.8 Å². The third kappa shape index (κ3) is 2.89. The molecule has 1 N–H and O–H groups in total. The van der Waals surface area contributed by atoms with E-state index >= 15 is 0 Å². The Bertz CT molecular complexity index is 539. The number of fused-ring (bicyclic) bond motifs is 1. The van der Waals surface area contributed by atoms with E-state index in [1.807, 2.05) is 6.92 Å². The number of amides is 1. The zero-order valence-corrected chi connectivity index (χ0v) is 12.7. The Morgan fingerprint density at radius 1 is 1.52 bits per heavy atom. The second-order valence-corrected chi connectivity index (χ2v) is 5.89. The van der Waals surface area contributed by atoms with Crippen LogP contribution in [0.5, 0.6) is 0 Å². The fourth-order valence-corrected chi connectivity index (χ4v) is 3.64. The van der Waals surface area contributed by atoms with Crippen molar-refractivity contribution in [3.63, 3.8) is 0 Å². The van der Waals surface area contributed by atoms with Gasteiger partial charge < -0.3 is 14.7 Å². The number of ketones is 1. The minimum absolute atomic E-state index is 0.00690. The van der Waals surface area contributed by atoms with Gasteiger partial charge in [-0.05, 0) is 17.9 Å². The van der Waals surface area contributed by atoms with Gasteiger partial charge in [-0.25, -0.2) is 4.79 Å². The number of carbonyl (C=O) groups excluding carboxylic acids is 2. The molecule has 2 heterocycles. The van der Waals surface area contributed by atoms with E-state index in [0.717, 1.165) is 0 Å². The van der Waals surface area contributed by atoms with E-state index < -0.39 is 5.97 Å². The number of hydrogen-bond donors (Lipinski definition) is 1. The number of carbonyl (C=O) groups is 3. The number of carboxylic acids is 1. The van der Waals surface area contributed by atoms with Crippen LogP contribution in [0.25, 0.3) is 0 Å². The molecule has 0 bridgehead atoms. The first-order chi connectivity index (χ1) is 10.0. The molecule has 2 aliphatic heterocycles. The number of nitrogens with zero attached hydrogens (tertiary/aromatic N) is 1. The fourth-order valence-electron chi connectivity index (χ4n) is 2.69. The number of methoxy groups -OCH3 is 1. The molecule has 21 heavy (non-hydrogen) atoms. The lowest BCUT2D eigenvalue weighted by molar-refractivity contribution is -0.155. The van der Waals surface area contributed by atoms with Crippen molar-refractivity contribution in [1.29, 1.82) is 0 Å². The first kappa shape index (κ1) is 15.8. The van der Waals surface area contributed by atoms with Crippen LogP contribution < -0.4 is 0 Å². The van der Waals surface area contributed by atoms with Gasteiger partial charge in [-0.2, -0.15) is 0 Å². The maximum absolute atomic E-state index is 11.9. The Morgan fingerprint density at radius 2 is 2.24 bits per heavy atom. The summed E-state index contributed by atoms with van der Waals surface area (Å²) >= 11 is 1.18. The topological polar surface area (TPSA) is 83.9 Å². The lowest BCUT2D eigenvalue weighted by atomic mass is 9.85. The minimum Gasteiger partial charge on any atom is -0.477 e. The molecule has 114 valence electrons. The summed E-state index contributed by atoms with van der Waals surface area (Å²) in [6, 6.07) is -0.0424. The van der Waals surface area contributed by atoms with Gasteiger partial charge in [0.1, 0.15) is 12.3 Å². The Kier molecular flexibility index (Phi) is 4.84. The van der Waals surface area contributed by atoms with Crippen LogP contribution >= 0.6 is 11.8 Å². The molecular formula is C14H17NO5S. The molecule has 1 amide bonds. The van der Waals surface area contributed by atoms with Gasteiger partial charge in [0, 0.05) is 18.4 Å². The molecule has 0 aromatic heterocycles. The van der Waals surface area contributed by atoms with Crippen molar-refractivity contribution in [1.82, 2.24) is 4.90 Å². The number of carboxylic acid groups (broad SMARTS) is 1. The van der Waals surface area contributed by atoms with Crippen LogP contribution in [0.15, 0.2) is 22.1 Å². The van der Waals surface area contributed by atoms with E-state index in [4.69, 9.17) is 4.74 Å². The van der Waals surface area contributed by atoms with Crippen molar-refractivity contribution >= 4 is 29.4 Å². The van der Waals surface area contributed by atoms with Crippen molar-refractivity contribution < 1.29 is 24.2 Å². The van der Waals surface area contributed by atoms with Crippen LogP contribution in [0, 0.1) is 5.92 Å². The van der Waals surface area contributed by atoms with Crippen LogP contribution in [0.4, 0.5) is 0 Å². The van der Waals surface area contributed by atoms with Crippen molar-refractivity contribution in [3.05, 3.63) is 22.1 Å². The average molecular weight is 311 g/mol. The molecule has 0 saturated carbocycles. The van der Waals surface area contributed by atoms with Crippen LogP contribution in [0.2, 0.25) is 0 Å². The lowest BCUT2D eigenvalue weighted by Gasteiger charge is -2.42. The smallest absolute Gasteiger partial charge is 0.353 e. The van der Waals surface area contributed by atoms with E-state index in [-0.39, 0.29) is 36.0 Å². The Labute approximate surface area is 126 Å². The Morgan fingerprint density at radius 3 is 2.81 bits per heavy atom. The number of ether oxygens (including phenoxy) is 1. The van der Waals surface area contributed by atoms with Gasteiger partial charge >= 0.3 is 5.97 Å². The first-order valence-corrected chi connectivity index (χ1v) is 7.53. The monoisotopic (exact) mass is 311 g/mol. The number of aliphatic carboxylic acids is 1. The zero-order chi connectivity index (χ0) is 15.6. The third-order valence-electron chi connectivity index (χ3n) is 3.64. The van der Waals surface area contributed by atoms with Gasteiger partial charge in [0.05, 0.1) is 12.0 Å². The highest BCUT2D eigenvalue weighted by atomic mass is 32.2. The van der Waals surface area contributed by atoms with E-state index in [2.05, 4.69) is 0 Å². The van der Waals surface area contributed by atoms with Crippen molar-refractivity contribution in [2.24, 2.45) is 5.92 Å². The van der Waals surface area contributed by atoms with Gasteiger partial charge in [-0.15, -0.1) is 0 Å². The normalized spacial score (nSPS) is 24.5. The molecule has 0 aromatic carbocycles. The number of β-lactam (4-membered cyclic amide) rings is 1. The second kappa shape index (κ2) is 6.44. The van der Waals surface area contributed by atoms with Crippen molar-refractivity contribution in [3.8, 4) is 0 Å². The summed E-state index contributed by atoms with van der Waals surface area (Å²) in [5.41, 5.74) is 0.0588. The summed E-state index contributed by atoms with van der Waals surface area (Å²) in [7, 11) is 1.43. The Balaban J connectivity index is 2.10. The molecule has 0 spiro atoms. The maximum atomic E-state index is 11.9. The van der Waals surface area contributed by atoms with Crippen LogP contribution in [-0.4, -0.2) is 47.4 Å². The predicted octanol–water partition coefficient (Wildman–Crippen LogP) is 1.39. The highest BCUT2D eigenvalue weighted by Gasteiger charge is 2.54. The van der Waals surface area contributed by atoms with Gasteiger partial charge in [0.25, 0.3) is 0 Å². The van der Waals surface area contributed by atoms with Gasteiger partial charge in [-0.1, -0.05) is 18.7 Å². The highest BCUT2D eigenvalue weighted by Crippen LogP contribution is 2.47. The first-order valence-electron chi connectivity index (χ1n) is 6.65. The molecule has 1 fully saturated rings. The summed E-state index contributed by atoms with van der Waals surface area (Å²) in [4.78, 5) is 36.6. The van der Waals surface area contributed by atoms with Gasteiger partial charge in [0.15, 0.2) is 5.78 Å². The highest BCUT2D eigenvalue weighted by molar-refractivity contribution is 8.05. The summed E-state index contributed by atoms with van der Waals surface area (Å²) in [5, 5.41) is 10.9.